The highest BCUT2D eigenvalue weighted by Crippen LogP contribution is 2.33. The van der Waals surface area contributed by atoms with E-state index in [1.165, 1.54) is 52.1 Å². The highest BCUT2D eigenvalue weighted by Gasteiger charge is 2.26. The summed E-state index contributed by atoms with van der Waals surface area (Å²) in [5.74, 6) is 3.26. The summed E-state index contributed by atoms with van der Waals surface area (Å²) in [5, 5.41) is 11.6. The second-order valence-corrected chi connectivity index (χ2v) is 8.75. The number of hydrogen-bond acceptors (Lipinski definition) is 6. The van der Waals surface area contributed by atoms with E-state index in [0.717, 1.165) is 23.8 Å². The second kappa shape index (κ2) is 8.05. The number of methoxy groups -OCH3 is 1. The van der Waals surface area contributed by atoms with Crippen LogP contribution in [-0.4, -0.2) is 38.6 Å². The molecule has 2 heterocycles. The monoisotopic (exact) mass is 384 g/mol. The number of ether oxygens (including phenoxy) is 1. The van der Waals surface area contributed by atoms with Crippen molar-refractivity contribution in [2.75, 3.05) is 12.4 Å². The lowest BCUT2D eigenvalue weighted by molar-refractivity contribution is 0.266. The third kappa shape index (κ3) is 3.84. The van der Waals surface area contributed by atoms with E-state index < -0.39 is 0 Å². The molecule has 1 atom stereocenters. The fourth-order valence-electron chi connectivity index (χ4n) is 4.47. The SMILES string of the molecule is COC(=N)c1nc(N[C@H](C)C2CCC2)c2c(ncn2C[C@H]2CC[C@H](C)CC2)n1. The zero-order valence-electron chi connectivity index (χ0n) is 17.2. The first kappa shape index (κ1) is 19.2. The van der Waals surface area contributed by atoms with Crippen LogP contribution in [0.15, 0.2) is 6.33 Å². The summed E-state index contributed by atoms with van der Waals surface area (Å²) >= 11 is 0. The van der Waals surface area contributed by atoms with E-state index >= 15 is 0 Å². The molecule has 0 aliphatic heterocycles. The Bertz CT molecular complexity index is 835. The molecule has 7 heteroatoms. The molecule has 0 spiro atoms. The van der Waals surface area contributed by atoms with E-state index in [1.54, 1.807) is 0 Å². The van der Waals surface area contributed by atoms with Crippen LogP contribution in [0.3, 0.4) is 0 Å². The van der Waals surface area contributed by atoms with Crippen LogP contribution in [0.5, 0.6) is 0 Å². The van der Waals surface area contributed by atoms with Gasteiger partial charge in [-0.1, -0.05) is 26.2 Å². The molecule has 2 saturated carbocycles. The number of nitrogens with zero attached hydrogens (tertiary/aromatic N) is 4. The Morgan fingerprint density at radius 2 is 2.00 bits per heavy atom. The van der Waals surface area contributed by atoms with Crippen LogP contribution in [0.4, 0.5) is 5.82 Å². The van der Waals surface area contributed by atoms with Gasteiger partial charge in [0.05, 0.1) is 13.4 Å². The first-order valence-corrected chi connectivity index (χ1v) is 10.7. The summed E-state index contributed by atoms with van der Waals surface area (Å²) in [6.45, 7) is 5.54. The van der Waals surface area contributed by atoms with E-state index in [-0.39, 0.29) is 11.7 Å². The molecule has 2 fully saturated rings. The molecule has 2 aromatic heterocycles. The lowest BCUT2D eigenvalue weighted by atomic mass is 9.80. The van der Waals surface area contributed by atoms with Crippen molar-refractivity contribution in [2.24, 2.45) is 17.8 Å². The van der Waals surface area contributed by atoms with Gasteiger partial charge >= 0.3 is 0 Å². The van der Waals surface area contributed by atoms with E-state index in [2.05, 4.69) is 38.7 Å². The summed E-state index contributed by atoms with van der Waals surface area (Å²) < 4.78 is 7.27. The molecule has 28 heavy (non-hydrogen) atoms. The van der Waals surface area contributed by atoms with Gasteiger partial charge in [-0.3, -0.25) is 5.41 Å². The molecule has 7 nitrogen and oxygen atoms in total. The third-order valence-corrected chi connectivity index (χ3v) is 6.69. The van der Waals surface area contributed by atoms with Gasteiger partial charge in [-0.25, -0.2) is 15.0 Å². The summed E-state index contributed by atoms with van der Waals surface area (Å²) in [7, 11) is 1.47. The molecule has 2 aliphatic carbocycles. The molecule has 0 unspecified atom stereocenters. The Hall–Kier alpha value is -2.18. The van der Waals surface area contributed by atoms with Crippen molar-refractivity contribution in [3.63, 3.8) is 0 Å². The number of imidazole rings is 1. The fourth-order valence-corrected chi connectivity index (χ4v) is 4.47. The Morgan fingerprint density at radius 3 is 2.64 bits per heavy atom. The van der Waals surface area contributed by atoms with Gasteiger partial charge in [0.15, 0.2) is 11.5 Å². The van der Waals surface area contributed by atoms with E-state index in [4.69, 9.17) is 10.1 Å². The highest BCUT2D eigenvalue weighted by atomic mass is 16.5. The number of nitrogens with one attached hydrogen (secondary N) is 2. The minimum absolute atomic E-state index is 0.0305. The number of anilines is 1. The van der Waals surface area contributed by atoms with Crippen LogP contribution in [0, 0.1) is 23.2 Å². The van der Waals surface area contributed by atoms with E-state index in [9.17, 15) is 0 Å². The Morgan fingerprint density at radius 1 is 1.25 bits per heavy atom. The van der Waals surface area contributed by atoms with Gasteiger partial charge in [0.2, 0.25) is 5.82 Å². The first-order chi connectivity index (χ1) is 13.5. The number of hydrogen-bond donors (Lipinski definition) is 2. The Labute approximate surface area is 166 Å². The second-order valence-electron chi connectivity index (χ2n) is 8.75. The summed E-state index contributed by atoms with van der Waals surface area (Å²) in [5.41, 5.74) is 1.59. The minimum Gasteiger partial charge on any atom is -0.479 e. The first-order valence-electron chi connectivity index (χ1n) is 10.7. The topological polar surface area (TPSA) is 88.7 Å². The van der Waals surface area contributed by atoms with Gasteiger partial charge in [-0.05, 0) is 50.4 Å². The fraction of sp³-hybridized carbons (Fsp3) is 0.714. The van der Waals surface area contributed by atoms with Crippen molar-refractivity contribution in [2.45, 2.75) is 71.4 Å². The van der Waals surface area contributed by atoms with Gasteiger partial charge in [0.25, 0.3) is 5.90 Å². The normalized spacial score (nSPS) is 24.0. The van der Waals surface area contributed by atoms with Crippen molar-refractivity contribution in [1.29, 1.82) is 5.41 Å². The zero-order chi connectivity index (χ0) is 19.7. The van der Waals surface area contributed by atoms with Crippen LogP contribution in [0.2, 0.25) is 0 Å². The predicted molar refractivity (Wildman–Crippen MR) is 111 cm³/mol. The van der Waals surface area contributed by atoms with Crippen LogP contribution >= 0.6 is 0 Å². The molecule has 0 aromatic carbocycles. The van der Waals surface area contributed by atoms with Gasteiger partial charge in [-0.15, -0.1) is 0 Å². The lowest BCUT2D eigenvalue weighted by Gasteiger charge is -2.32. The quantitative estimate of drug-likeness (QED) is 0.575. The zero-order valence-corrected chi connectivity index (χ0v) is 17.2. The van der Waals surface area contributed by atoms with Crippen LogP contribution < -0.4 is 5.32 Å². The van der Waals surface area contributed by atoms with E-state index in [1.807, 2.05) is 6.33 Å². The molecule has 0 amide bonds. The summed E-state index contributed by atoms with van der Waals surface area (Å²) in [6.07, 6.45) is 10.9. The molecule has 2 aliphatic rings. The lowest BCUT2D eigenvalue weighted by Crippen LogP contribution is -2.31. The maximum Gasteiger partial charge on any atom is 0.252 e. The van der Waals surface area contributed by atoms with E-state index in [0.29, 0.717) is 23.5 Å². The number of fused-ring (bicyclic) bond motifs is 1. The van der Waals surface area contributed by atoms with Gasteiger partial charge in [-0.2, -0.15) is 0 Å². The minimum atomic E-state index is -0.0305. The molecule has 0 radical (unpaired) electrons. The summed E-state index contributed by atoms with van der Waals surface area (Å²) in [4.78, 5) is 13.7. The molecule has 0 saturated heterocycles. The van der Waals surface area contributed by atoms with Crippen LogP contribution in [-0.2, 0) is 11.3 Å². The Balaban J connectivity index is 1.65. The molecule has 4 rings (SSSR count). The molecular weight excluding hydrogens is 352 g/mol. The average molecular weight is 385 g/mol. The van der Waals surface area contributed by atoms with Crippen molar-refractivity contribution >= 4 is 22.9 Å². The largest absolute Gasteiger partial charge is 0.479 e. The van der Waals surface area contributed by atoms with Gasteiger partial charge in [0, 0.05) is 12.6 Å². The number of rotatable bonds is 6. The van der Waals surface area contributed by atoms with Crippen molar-refractivity contribution in [1.82, 2.24) is 19.5 Å². The molecule has 2 N–H and O–H groups in total. The van der Waals surface area contributed by atoms with Crippen molar-refractivity contribution in [3.8, 4) is 0 Å². The smallest absolute Gasteiger partial charge is 0.252 e. The predicted octanol–water partition coefficient (Wildman–Crippen LogP) is 4.22. The molecule has 0 bridgehead atoms. The average Bonchev–Trinajstić information content (AvgIpc) is 3.04. The maximum absolute atomic E-state index is 7.99. The van der Waals surface area contributed by atoms with Crippen molar-refractivity contribution in [3.05, 3.63) is 12.2 Å². The molecule has 152 valence electrons. The maximum atomic E-state index is 7.99. The van der Waals surface area contributed by atoms with Crippen LogP contribution in [0.25, 0.3) is 11.2 Å². The standard InChI is InChI=1S/C21H32N6O/c1-13-7-9-15(10-8-13)11-27-12-23-19-17(27)20(24-14(2)16-5-4-6-16)26-21(25-19)18(22)28-3/h12-16,22H,4-11H2,1-3H3,(H,24,25,26)/t13-,14-,15-/m1/s1. The van der Waals surface area contributed by atoms with Crippen LogP contribution in [0.1, 0.15) is 64.6 Å². The molecular formula is C21H32N6O. The summed E-state index contributed by atoms with van der Waals surface area (Å²) in [6, 6.07) is 0.343. The van der Waals surface area contributed by atoms with Crippen molar-refractivity contribution < 1.29 is 4.74 Å². The third-order valence-electron chi connectivity index (χ3n) is 6.69. The highest BCUT2D eigenvalue weighted by molar-refractivity contribution is 5.92. The molecule has 2 aromatic rings. The van der Waals surface area contributed by atoms with Gasteiger partial charge in [0.1, 0.15) is 5.52 Å². The number of aromatic nitrogens is 4. The Kier molecular flexibility index (Phi) is 5.51. The van der Waals surface area contributed by atoms with Gasteiger partial charge < -0.3 is 14.6 Å².